The van der Waals surface area contributed by atoms with E-state index in [-0.39, 0.29) is 0 Å². The smallest absolute Gasteiger partial charge is 0.0452 e. The van der Waals surface area contributed by atoms with Gasteiger partial charge in [-0.05, 0) is 29.2 Å². The molecule has 1 aromatic carbocycles. The first-order chi connectivity index (χ1) is 7.88. The Kier molecular flexibility index (Phi) is 4.08. The number of nitrogens with zero attached hydrogens (tertiary/aromatic N) is 2. The molecule has 0 atom stereocenters. The molecule has 16 heavy (non-hydrogen) atoms. The molecule has 84 valence electrons. The summed E-state index contributed by atoms with van der Waals surface area (Å²) >= 11 is 1.52. The van der Waals surface area contributed by atoms with Gasteiger partial charge in [0.15, 0.2) is 0 Å². The van der Waals surface area contributed by atoms with Crippen molar-refractivity contribution >= 4 is 11.5 Å². The van der Waals surface area contributed by atoms with Crippen molar-refractivity contribution in [2.75, 3.05) is 6.54 Å². The van der Waals surface area contributed by atoms with E-state index in [2.05, 4.69) is 51.9 Å². The van der Waals surface area contributed by atoms with Gasteiger partial charge in [-0.1, -0.05) is 37.3 Å². The number of hydrogen-bond acceptors (Lipinski definition) is 3. The summed E-state index contributed by atoms with van der Waals surface area (Å²) in [6.07, 6.45) is 1.96. The summed E-state index contributed by atoms with van der Waals surface area (Å²) in [7, 11) is 0. The first kappa shape index (κ1) is 11.3. The average Bonchev–Trinajstić information content (AvgIpc) is 2.82. The standard InChI is InChI=1S/C13H16N2S/c1-2-15(10-13-8-14-16-11-13)9-12-6-4-3-5-7-12/h3-8,11H,2,9-10H2,1H3. The fourth-order valence-electron chi connectivity index (χ4n) is 1.68. The van der Waals surface area contributed by atoms with Crippen LogP contribution in [0.5, 0.6) is 0 Å². The van der Waals surface area contributed by atoms with Crippen molar-refractivity contribution in [1.82, 2.24) is 9.27 Å². The van der Waals surface area contributed by atoms with Crippen molar-refractivity contribution in [2.24, 2.45) is 0 Å². The van der Waals surface area contributed by atoms with Gasteiger partial charge in [0.05, 0.1) is 0 Å². The fraction of sp³-hybridized carbons (Fsp3) is 0.308. The molecule has 0 N–H and O–H groups in total. The molecule has 0 aliphatic carbocycles. The van der Waals surface area contributed by atoms with Gasteiger partial charge in [-0.15, -0.1) is 0 Å². The van der Waals surface area contributed by atoms with E-state index in [4.69, 9.17) is 0 Å². The minimum absolute atomic E-state index is 0.988. The van der Waals surface area contributed by atoms with Crippen LogP contribution >= 0.6 is 11.5 Å². The summed E-state index contributed by atoms with van der Waals surface area (Å²) < 4.78 is 4.13. The number of rotatable bonds is 5. The quantitative estimate of drug-likeness (QED) is 0.787. The minimum atomic E-state index is 0.988. The van der Waals surface area contributed by atoms with Crippen LogP contribution in [0.15, 0.2) is 41.9 Å². The van der Waals surface area contributed by atoms with Gasteiger partial charge in [0.2, 0.25) is 0 Å². The first-order valence-corrected chi connectivity index (χ1v) is 6.36. The van der Waals surface area contributed by atoms with Gasteiger partial charge >= 0.3 is 0 Å². The van der Waals surface area contributed by atoms with E-state index in [1.807, 2.05) is 6.20 Å². The third-order valence-electron chi connectivity index (χ3n) is 2.59. The summed E-state index contributed by atoms with van der Waals surface area (Å²) in [4.78, 5) is 2.42. The highest BCUT2D eigenvalue weighted by molar-refractivity contribution is 7.03. The van der Waals surface area contributed by atoms with Gasteiger partial charge < -0.3 is 0 Å². The van der Waals surface area contributed by atoms with Crippen LogP contribution in [0.2, 0.25) is 0 Å². The molecular formula is C13H16N2S. The molecule has 0 aliphatic heterocycles. The summed E-state index contributed by atoms with van der Waals surface area (Å²) in [6, 6.07) is 10.6. The van der Waals surface area contributed by atoms with Crippen LogP contribution < -0.4 is 0 Å². The van der Waals surface area contributed by atoms with E-state index >= 15 is 0 Å². The topological polar surface area (TPSA) is 16.1 Å². The number of aromatic nitrogens is 1. The van der Waals surface area contributed by atoms with E-state index in [0.717, 1.165) is 19.6 Å². The highest BCUT2D eigenvalue weighted by Crippen LogP contribution is 2.10. The monoisotopic (exact) mass is 232 g/mol. The Morgan fingerprint density at radius 1 is 1.12 bits per heavy atom. The molecule has 0 amide bonds. The molecule has 0 spiro atoms. The predicted octanol–water partition coefficient (Wildman–Crippen LogP) is 3.17. The maximum atomic E-state index is 4.13. The fourth-order valence-corrected chi connectivity index (χ4v) is 2.21. The first-order valence-electron chi connectivity index (χ1n) is 5.53. The van der Waals surface area contributed by atoms with Crippen molar-refractivity contribution in [3.63, 3.8) is 0 Å². The van der Waals surface area contributed by atoms with Gasteiger partial charge in [-0.25, -0.2) is 4.37 Å². The maximum Gasteiger partial charge on any atom is 0.0452 e. The lowest BCUT2D eigenvalue weighted by molar-refractivity contribution is 0.271. The van der Waals surface area contributed by atoms with Crippen molar-refractivity contribution in [3.05, 3.63) is 53.0 Å². The van der Waals surface area contributed by atoms with E-state index < -0.39 is 0 Å². The Morgan fingerprint density at radius 3 is 2.50 bits per heavy atom. The largest absolute Gasteiger partial charge is 0.295 e. The van der Waals surface area contributed by atoms with Crippen LogP contribution in [-0.4, -0.2) is 15.8 Å². The maximum absolute atomic E-state index is 4.13. The summed E-state index contributed by atoms with van der Waals surface area (Å²) in [5.74, 6) is 0. The second-order valence-corrected chi connectivity index (χ2v) is 4.48. The molecule has 1 heterocycles. The molecule has 1 aromatic heterocycles. The van der Waals surface area contributed by atoms with Crippen LogP contribution in [0.4, 0.5) is 0 Å². The van der Waals surface area contributed by atoms with Gasteiger partial charge in [0.25, 0.3) is 0 Å². The van der Waals surface area contributed by atoms with Crippen LogP contribution in [-0.2, 0) is 13.1 Å². The normalized spacial score (nSPS) is 10.9. The van der Waals surface area contributed by atoms with Gasteiger partial charge in [0, 0.05) is 24.7 Å². The Morgan fingerprint density at radius 2 is 1.88 bits per heavy atom. The second kappa shape index (κ2) is 5.77. The summed E-state index contributed by atoms with van der Waals surface area (Å²) in [6.45, 7) is 5.25. The average molecular weight is 232 g/mol. The molecular weight excluding hydrogens is 216 g/mol. The van der Waals surface area contributed by atoms with Gasteiger partial charge in [-0.3, -0.25) is 4.90 Å². The van der Waals surface area contributed by atoms with Crippen molar-refractivity contribution in [1.29, 1.82) is 0 Å². The van der Waals surface area contributed by atoms with Crippen molar-refractivity contribution < 1.29 is 0 Å². The molecule has 0 bridgehead atoms. The lowest BCUT2D eigenvalue weighted by Gasteiger charge is -2.19. The van der Waals surface area contributed by atoms with Crippen molar-refractivity contribution in [2.45, 2.75) is 20.0 Å². The zero-order valence-corrected chi connectivity index (χ0v) is 10.3. The lowest BCUT2D eigenvalue weighted by atomic mass is 10.2. The molecule has 3 heteroatoms. The zero-order valence-electron chi connectivity index (χ0n) is 9.47. The molecule has 0 unspecified atom stereocenters. The number of hydrogen-bond donors (Lipinski definition) is 0. The van der Waals surface area contributed by atoms with Crippen LogP contribution in [0, 0.1) is 0 Å². The summed E-state index contributed by atoms with van der Waals surface area (Å²) in [5, 5.41) is 2.12. The third-order valence-corrected chi connectivity index (χ3v) is 3.22. The molecule has 0 saturated carbocycles. The van der Waals surface area contributed by atoms with E-state index in [0.29, 0.717) is 0 Å². The Balaban J connectivity index is 1.96. The van der Waals surface area contributed by atoms with E-state index in [1.165, 1.54) is 22.7 Å². The van der Waals surface area contributed by atoms with Crippen LogP contribution in [0.3, 0.4) is 0 Å². The SMILES string of the molecule is CCN(Cc1ccccc1)Cc1cnsc1. The highest BCUT2D eigenvalue weighted by atomic mass is 32.1. The Bertz CT molecular complexity index is 397. The molecule has 0 radical (unpaired) electrons. The van der Waals surface area contributed by atoms with Gasteiger partial charge in [-0.2, -0.15) is 0 Å². The molecule has 2 nitrogen and oxygen atoms in total. The predicted molar refractivity (Wildman–Crippen MR) is 68.3 cm³/mol. The van der Waals surface area contributed by atoms with Crippen LogP contribution in [0.25, 0.3) is 0 Å². The Labute approximate surface area is 101 Å². The van der Waals surface area contributed by atoms with Crippen LogP contribution in [0.1, 0.15) is 18.1 Å². The summed E-state index contributed by atoms with van der Waals surface area (Å²) in [5.41, 5.74) is 2.68. The molecule has 2 rings (SSSR count). The highest BCUT2D eigenvalue weighted by Gasteiger charge is 2.05. The molecule has 0 fully saturated rings. The second-order valence-electron chi connectivity index (χ2n) is 3.82. The zero-order chi connectivity index (χ0) is 11.2. The van der Waals surface area contributed by atoms with Gasteiger partial charge in [0.1, 0.15) is 0 Å². The van der Waals surface area contributed by atoms with E-state index in [1.54, 1.807) is 0 Å². The Hall–Kier alpha value is -1.19. The lowest BCUT2D eigenvalue weighted by Crippen LogP contribution is -2.21. The molecule has 2 aromatic rings. The molecule has 0 aliphatic rings. The minimum Gasteiger partial charge on any atom is -0.295 e. The third kappa shape index (κ3) is 3.15. The molecule has 0 saturated heterocycles. The number of benzene rings is 1. The van der Waals surface area contributed by atoms with Crippen molar-refractivity contribution in [3.8, 4) is 0 Å². The van der Waals surface area contributed by atoms with E-state index in [9.17, 15) is 0 Å².